The molecular weight excluding hydrogens is 453 g/mol. The van der Waals surface area contributed by atoms with E-state index in [1.54, 1.807) is 0 Å². The summed E-state index contributed by atoms with van der Waals surface area (Å²) >= 11 is 0. The molecule has 1 aromatic heterocycles. The number of rotatable bonds is 9. The van der Waals surface area contributed by atoms with Crippen molar-refractivity contribution in [1.29, 1.82) is 0 Å². The average Bonchev–Trinajstić information content (AvgIpc) is 3.07. The molecule has 28 heavy (non-hydrogen) atoms. The molecule has 1 aliphatic heterocycles. The molecule has 1 amide bonds. The molecule has 1 aromatic rings. The summed E-state index contributed by atoms with van der Waals surface area (Å²) in [4.78, 5) is 49.8. The number of nitrogens with two attached hydrogens (primary N) is 1. The fourth-order valence-electron chi connectivity index (χ4n) is 2.02. The van der Waals surface area contributed by atoms with Crippen molar-refractivity contribution < 1.29 is 61.1 Å². The van der Waals surface area contributed by atoms with Crippen LogP contribution in [0.3, 0.4) is 0 Å². The molecule has 160 valence electrons. The molecule has 0 aromatic carbocycles. The summed E-state index contributed by atoms with van der Waals surface area (Å²) in [7, 11) is -16.5. The van der Waals surface area contributed by atoms with Gasteiger partial charge in [-0.2, -0.15) is 8.62 Å². The molecule has 1 fully saturated rings. The number of aliphatic hydroxyl groups excluding tert-OH is 1. The molecule has 17 nitrogen and oxygen atoms in total. The van der Waals surface area contributed by atoms with E-state index in [9.17, 15) is 28.5 Å². The van der Waals surface area contributed by atoms with Gasteiger partial charge in [-0.15, -0.1) is 5.10 Å². The summed E-state index contributed by atoms with van der Waals surface area (Å²) in [6, 6.07) is 0. The molecule has 5 atom stereocenters. The highest BCUT2D eigenvalue weighted by Crippen LogP contribution is 2.66. The summed E-state index contributed by atoms with van der Waals surface area (Å²) < 4.78 is 51.2. The van der Waals surface area contributed by atoms with E-state index in [1.165, 1.54) is 0 Å². The number of aliphatic hydroxyl groups is 1. The number of phosphoric acid groups is 3. The van der Waals surface area contributed by atoms with Gasteiger partial charge in [0.25, 0.3) is 5.91 Å². The first kappa shape index (κ1) is 23.2. The van der Waals surface area contributed by atoms with Gasteiger partial charge in [-0.3, -0.25) is 9.32 Å². The van der Waals surface area contributed by atoms with E-state index in [0.29, 0.717) is 0 Å². The number of phosphoric ester groups is 1. The number of carbonyl (C=O) groups excluding carboxylic acids is 1. The Morgan fingerprint density at radius 2 is 1.89 bits per heavy atom. The molecule has 2 heterocycles. The molecule has 0 bridgehead atoms. The number of amides is 1. The van der Waals surface area contributed by atoms with Gasteiger partial charge in [0.2, 0.25) is 5.82 Å². The lowest BCUT2D eigenvalue weighted by Crippen LogP contribution is -2.26. The maximum absolute atomic E-state index is 11.6. The predicted molar refractivity (Wildman–Crippen MR) is 82.9 cm³/mol. The minimum Gasteiger partial charge on any atom is -0.390 e. The monoisotopic (exact) mass is 468 g/mol. The average molecular weight is 468 g/mol. The van der Waals surface area contributed by atoms with Crippen LogP contribution in [0.5, 0.6) is 0 Å². The van der Waals surface area contributed by atoms with Crippen molar-refractivity contribution in [2.75, 3.05) is 6.61 Å². The van der Waals surface area contributed by atoms with E-state index in [1.807, 2.05) is 0 Å². The van der Waals surface area contributed by atoms with Crippen LogP contribution in [-0.4, -0.2) is 64.2 Å². The Morgan fingerprint density at radius 3 is 2.43 bits per heavy atom. The van der Waals surface area contributed by atoms with Crippen molar-refractivity contribution in [1.82, 2.24) is 14.8 Å². The van der Waals surface area contributed by atoms with Gasteiger partial charge in [-0.1, -0.05) is 0 Å². The first-order valence-electron chi connectivity index (χ1n) is 7.00. The normalized spacial score (nSPS) is 27.2. The van der Waals surface area contributed by atoms with Crippen molar-refractivity contribution in [3.63, 3.8) is 0 Å². The second-order valence-electron chi connectivity index (χ2n) is 5.23. The second-order valence-corrected chi connectivity index (χ2v) is 9.65. The Labute approximate surface area is 155 Å². The molecule has 2 rings (SSSR count). The van der Waals surface area contributed by atoms with Crippen LogP contribution in [0.25, 0.3) is 0 Å². The zero-order valence-corrected chi connectivity index (χ0v) is 16.2. The van der Waals surface area contributed by atoms with Crippen LogP contribution in [0.1, 0.15) is 23.3 Å². The summed E-state index contributed by atoms with van der Waals surface area (Å²) in [6.45, 7) is -0.835. The van der Waals surface area contributed by atoms with Crippen molar-refractivity contribution >= 4 is 29.4 Å². The minimum atomic E-state index is -5.65. The quantitative estimate of drug-likeness (QED) is 0.222. The van der Waals surface area contributed by atoms with E-state index >= 15 is 0 Å². The Morgan fingerprint density at radius 1 is 1.25 bits per heavy atom. The van der Waals surface area contributed by atoms with E-state index in [4.69, 9.17) is 25.2 Å². The van der Waals surface area contributed by atoms with Crippen LogP contribution >= 0.6 is 23.5 Å². The van der Waals surface area contributed by atoms with Crippen molar-refractivity contribution in [3.05, 3.63) is 12.2 Å². The third kappa shape index (κ3) is 6.77. The smallest absolute Gasteiger partial charge is 0.390 e. The van der Waals surface area contributed by atoms with E-state index in [-0.39, 0.29) is 12.2 Å². The molecule has 0 aliphatic carbocycles. The zero-order chi connectivity index (χ0) is 21.3. The molecule has 1 aliphatic rings. The van der Waals surface area contributed by atoms with Crippen molar-refractivity contribution in [3.8, 4) is 0 Å². The highest BCUT2D eigenvalue weighted by Gasteiger charge is 2.43. The van der Waals surface area contributed by atoms with Gasteiger partial charge >= 0.3 is 23.5 Å². The highest BCUT2D eigenvalue weighted by molar-refractivity contribution is 7.66. The highest BCUT2D eigenvalue weighted by atomic mass is 31.3. The van der Waals surface area contributed by atoms with Gasteiger partial charge in [-0.05, 0) is 0 Å². The first-order valence-corrected chi connectivity index (χ1v) is 11.5. The van der Waals surface area contributed by atoms with E-state index < -0.39 is 54.4 Å². The fraction of sp³-hybridized carbons (Fsp3) is 0.625. The standard InChI is InChI=1S/C8H15N4O13P3/c9-7(14)8-10-3-12(11-8)6-1-4(13)5(23-6)2-22-27(18,19)25-28(20,21)24-26(15,16)17/h3-6,13H,1-2H2,(H2,9,14)(H,18,19)(H,20,21)(H2,15,16,17)/t4-,5+,6+/m0/s1. The van der Waals surface area contributed by atoms with Gasteiger partial charge in [0.15, 0.2) is 6.23 Å². The molecule has 20 heteroatoms. The number of ether oxygens (including phenoxy) is 1. The molecule has 2 unspecified atom stereocenters. The number of hydrogen-bond donors (Lipinski definition) is 6. The topological polar surface area (TPSA) is 263 Å². The number of aromatic nitrogens is 3. The van der Waals surface area contributed by atoms with Crippen LogP contribution in [0.4, 0.5) is 0 Å². The minimum absolute atomic E-state index is 0.0913. The summed E-state index contributed by atoms with van der Waals surface area (Å²) in [6.07, 6.45) is -2.42. The predicted octanol–water partition coefficient (Wildman–Crippen LogP) is -1.63. The van der Waals surface area contributed by atoms with Gasteiger partial charge in [0, 0.05) is 6.42 Å². The maximum Gasteiger partial charge on any atom is 0.490 e. The van der Waals surface area contributed by atoms with E-state index in [2.05, 4.69) is 23.2 Å². The number of primary amides is 1. The number of hydrogen-bond acceptors (Lipinski definition) is 11. The second kappa shape index (κ2) is 8.36. The zero-order valence-electron chi connectivity index (χ0n) is 13.5. The number of nitrogens with zero attached hydrogens (tertiary/aromatic N) is 3. The van der Waals surface area contributed by atoms with Crippen LogP contribution < -0.4 is 5.73 Å². The molecule has 0 spiro atoms. The Balaban J connectivity index is 1.94. The molecule has 0 saturated carbocycles. The lowest BCUT2D eigenvalue weighted by atomic mass is 10.2. The fourth-order valence-corrected chi connectivity index (χ4v) is 5.05. The van der Waals surface area contributed by atoms with Gasteiger partial charge < -0.3 is 35.2 Å². The molecular formula is C8H15N4O13P3. The lowest BCUT2D eigenvalue weighted by molar-refractivity contribution is -0.0476. The van der Waals surface area contributed by atoms with Gasteiger partial charge in [0.1, 0.15) is 12.4 Å². The van der Waals surface area contributed by atoms with Crippen LogP contribution in [0.15, 0.2) is 6.33 Å². The third-order valence-corrected chi connectivity index (χ3v) is 6.85. The molecule has 1 saturated heterocycles. The van der Waals surface area contributed by atoms with E-state index in [0.717, 1.165) is 11.0 Å². The Bertz CT molecular complexity index is 868. The largest absolute Gasteiger partial charge is 0.490 e. The third-order valence-electron chi connectivity index (χ3n) is 3.05. The van der Waals surface area contributed by atoms with Crippen LogP contribution in [0.2, 0.25) is 0 Å². The molecule has 0 radical (unpaired) electrons. The van der Waals surface area contributed by atoms with Gasteiger partial charge in [0.05, 0.1) is 12.7 Å². The van der Waals surface area contributed by atoms with Crippen LogP contribution in [-0.2, 0) is 31.6 Å². The van der Waals surface area contributed by atoms with Gasteiger partial charge in [-0.25, -0.2) is 23.4 Å². The SMILES string of the molecule is NC(=O)c1ncn([C@H]2C[C@H](O)[C@@H](COP(=O)(O)OP(=O)(O)OP(=O)(O)O)O2)n1. The number of carbonyl (C=O) groups is 1. The summed E-state index contributed by atoms with van der Waals surface area (Å²) in [5, 5.41) is 13.6. The van der Waals surface area contributed by atoms with Crippen molar-refractivity contribution in [2.24, 2.45) is 5.73 Å². The maximum atomic E-state index is 11.6. The summed E-state index contributed by atoms with van der Waals surface area (Å²) in [5.41, 5.74) is 5.00. The lowest BCUT2D eigenvalue weighted by Gasteiger charge is -2.19. The first-order chi connectivity index (χ1) is 12.7. The van der Waals surface area contributed by atoms with Crippen LogP contribution in [0, 0.1) is 0 Å². The summed E-state index contributed by atoms with van der Waals surface area (Å²) in [5.74, 6) is -1.21. The Hall–Kier alpha value is -1.06. The van der Waals surface area contributed by atoms with Crippen molar-refractivity contribution in [2.45, 2.75) is 24.9 Å². The Kier molecular flexibility index (Phi) is 6.93. The molecule has 7 N–H and O–H groups in total.